The van der Waals surface area contributed by atoms with Gasteiger partial charge >= 0.3 is 0 Å². The maximum Gasteiger partial charge on any atom is 0.130 e. The molecule has 0 fully saturated rings. The fraction of sp³-hybridized carbons (Fsp3) is 0.300. The van der Waals surface area contributed by atoms with Gasteiger partial charge in [0.05, 0.1) is 0 Å². The highest BCUT2D eigenvalue weighted by Crippen LogP contribution is 2.01. The summed E-state index contributed by atoms with van der Waals surface area (Å²) in [5.74, 6) is 0.244. The summed E-state index contributed by atoms with van der Waals surface area (Å²) in [5.41, 5.74) is 1.18. The molecule has 0 heterocycles. The average molecular weight is 147 g/mol. The van der Waals surface area contributed by atoms with E-state index in [1.807, 2.05) is 24.3 Å². The van der Waals surface area contributed by atoms with Crippen LogP contribution in [-0.2, 0) is 11.2 Å². The zero-order chi connectivity index (χ0) is 8.10. The maximum absolute atomic E-state index is 10.6. The van der Waals surface area contributed by atoms with Crippen LogP contribution in [0.25, 0.3) is 0 Å². The Morgan fingerprint density at radius 3 is 3.00 bits per heavy atom. The molecule has 0 aliphatic rings. The quantitative estimate of drug-likeness (QED) is 0.639. The van der Waals surface area contributed by atoms with Crippen molar-refractivity contribution in [3.8, 4) is 0 Å². The molecule has 1 radical (unpaired) electrons. The van der Waals surface area contributed by atoms with Crippen LogP contribution in [-0.4, -0.2) is 5.78 Å². The Hall–Kier alpha value is -1.11. The number of carbonyl (C=O) groups excluding carboxylic acids is 1. The van der Waals surface area contributed by atoms with E-state index in [1.54, 1.807) is 6.92 Å². The van der Waals surface area contributed by atoms with Crippen molar-refractivity contribution in [1.29, 1.82) is 0 Å². The molecule has 1 heteroatoms. The summed E-state index contributed by atoms with van der Waals surface area (Å²) in [6.45, 7) is 1.62. The van der Waals surface area contributed by atoms with Crippen molar-refractivity contribution in [1.82, 2.24) is 0 Å². The number of ketones is 1. The molecule has 57 valence electrons. The molecular weight excluding hydrogens is 136 g/mol. The van der Waals surface area contributed by atoms with Crippen molar-refractivity contribution in [3.63, 3.8) is 0 Å². The molecular formula is C10H11O. The van der Waals surface area contributed by atoms with Crippen molar-refractivity contribution in [3.05, 3.63) is 35.9 Å². The van der Waals surface area contributed by atoms with E-state index in [2.05, 4.69) is 6.07 Å². The predicted molar refractivity (Wildman–Crippen MR) is 44.3 cm³/mol. The summed E-state index contributed by atoms with van der Waals surface area (Å²) < 4.78 is 0. The molecule has 1 aromatic carbocycles. The van der Waals surface area contributed by atoms with Crippen LogP contribution in [0.3, 0.4) is 0 Å². The van der Waals surface area contributed by atoms with Gasteiger partial charge in [-0.05, 0) is 25.0 Å². The van der Waals surface area contributed by atoms with Crippen LogP contribution < -0.4 is 0 Å². The molecule has 0 aliphatic heterocycles. The second-order valence-electron chi connectivity index (χ2n) is 2.61. The molecule has 0 N–H and O–H groups in total. The monoisotopic (exact) mass is 147 g/mol. The van der Waals surface area contributed by atoms with Gasteiger partial charge in [-0.3, -0.25) is 0 Å². The summed E-state index contributed by atoms with van der Waals surface area (Å²) in [6.07, 6.45) is 1.48. The van der Waals surface area contributed by atoms with E-state index in [1.165, 1.54) is 5.56 Å². The molecule has 1 nitrogen and oxygen atoms in total. The second-order valence-corrected chi connectivity index (χ2v) is 2.61. The van der Waals surface area contributed by atoms with Crippen LogP contribution in [0, 0.1) is 6.07 Å². The Morgan fingerprint density at radius 2 is 2.45 bits per heavy atom. The van der Waals surface area contributed by atoms with Crippen molar-refractivity contribution in [2.75, 3.05) is 0 Å². The summed E-state index contributed by atoms with van der Waals surface area (Å²) >= 11 is 0. The fourth-order valence-corrected chi connectivity index (χ4v) is 0.906. The molecule has 0 spiro atoms. The standard InChI is InChI=1S/C10H11O/c1-9(11)7-8-10-5-3-2-4-6-10/h2-3,5-6H,7-8H2,1H3. The third-order valence-electron chi connectivity index (χ3n) is 1.54. The summed E-state index contributed by atoms with van der Waals surface area (Å²) in [4.78, 5) is 10.6. The van der Waals surface area contributed by atoms with E-state index >= 15 is 0 Å². The Morgan fingerprint density at radius 1 is 1.64 bits per heavy atom. The lowest BCUT2D eigenvalue weighted by atomic mass is 10.1. The Labute approximate surface area is 67.1 Å². The molecule has 0 saturated heterocycles. The largest absolute Gasteiger partial charge is 0.300 e. The minimum Gasteiger partial charge on any atom is -0.300 e. The minimum absolute atomic E-state index is 0.244. The SMILES string of the molecule is CC(=O)CCc1c[c]ccc1. The number of Topliss-reactive ketones (excluding diaryl/α,β-unsaturated/α-hetero) is 1. The molecule has 0 bridgehead atoms. The average Bonchev–Trinajstić information content (AvgIpc) is 2.03. The molecule has 0 aromatic heterocycles. The number of aryl methyl sites for hydroxylation is 1. The van der Waals surface area contributed by atoms with Gasteiger partial charge < -0.3 is 4.79 Å². The summed E-state index contributed by atoms with van der Waals surface area (Å²) in [7, 11) is 0. The third kappa shape index (κ3) is 2.99. The van der Waals surface area contributed by atoms with E-state index in [9.17, 15) is 4.79 Å². The van der Waals surface area contributed by atoms with E-state index in [-0.39, 0.29) is 5.78 Å². The second kappa shape index (κ2) is 3.91. The zero-order valence-electron chi connectivity index (χ0n) is 6.63. The summed E-state index contributed by atoms with van der Waals surface area (Å²) in [5, 5.41) is 0. The molecule has 1 rings (SSSR count). The van der Waals surface area contributed by atoms with Gasteiger partial charge in [0.15, 0.2) is 0 Å². The van der Waals surface area contributed by atoms with Gasteiger partial charge in [0.25, 0.3) is 0 Å². The lowest BCUT2D eigenvalue weighted by Crippen LogP contribution is -1.93. The van der Waals surface area contributed by atoms with Crippen LogP contribution in [0.5, 0.6) is 0 Å². The molecule has 0 atom stereocenters. The number of carbonyl (C=O) groups is 1. The Kier molecular flexibility index (Phi) is 2.84. The molecule has 0 unspecified atom stereocenters. The van der Waals surface area contributed by atoms with Crippen LogP contribution in [0.2, 0.25) is 0 Å². The zero-order valence-corrected chi connectivity index (χ0v) is 6.63. The fourth-order valence-electron chi connectivity index (χ4n) is 0.906. The van der Waals surface area contributed by atoms with E-state index in [4.69, 9.17) is 0 Å². The number of hydrogen-bond acceptors (Lipinski definition) is 1. The minimum atomic E-state index is 0.244. The van der Waals surface area contributed by atoms with Gasteiger partial charge in [-0.2, -0.15) is 0 Å². The van der Waals surface area contributed by atoms with Gasteiger partial charge in [-0.15, -0.1) is 0 Å². The molecule has 11 heavy (non-hydrogen) atoms. The van der Waals surface area contributed by atoms with E-state index in [0.717, 1.165) is 6.42 Å². The van der Waals surface area contributed by atoms with Crippen molar-refractivity contribution in [2.24, 2.45) is 0 Å². The third-order valence-corrected chi connectivity index (χ3v) is 1.54. The van der Waals surface area contributed by atoms with Gasteiger partial charge in [-0.25, -0.2) is 0 Å². The lowest BCUT2D eigenvalue weighted by molar-refractivity contribution is -0.116. The number of benzene rings is 1. The topological polar surface area (TPSA) is 17.1 Å². The molecule has 0 aliphatic carbocycles. The Bertz CT molecular complexity index is 226. The van der Waals surface area contributed by atoms with Crippen LogP contribution >= 0.6 is 0 Å². The maximum atomic E-state index is 10.6. The van der Waals surface area contributed by atoms with Crippen molar-refractivity contribution < 1.29 is 4.79 Å². The molecule has 0 amide bonds. The van der Waals surface area contributed by atoms with Crippen molar-refractivity contribution in [2.45, 2.75) is 19.8 Å². The highest BCUT2D eigenvalue weighted by molar-refractivity contribution is 5.75. The van der Waals surface area contributed by atoms with Gasteiger partial charge in [0, 0.05) is 6.42 Å². The first kappa shape index (κ1) is 7.99. The normalized spacial score (nSPS) is 9.55. The first-order valence-corrected chi connectivity index (χ1v) is 3.73. The van der Waals surface area contributed by atoms with Crippen LogP contribution in [0.4, 0.5) is 0 Å². The Balaban J connectivity index is 2.45. The van der Waals surface area contributed by atoms with Crippen LogP contribution in [0.15, 0.2) is 24.3 Å². The first-order chi connectivity index (χ1) is 5.29. The molecule has 0 saturated carbocycles. The van der Waals surface area contributed by atoms with Crippen LogP contribution in [0.1, 0.15) is 18.9 Å². The smallest absolute Gasteiger partial charge is 0.130 e. The number of hydrogen-bond donors (Lipinski definition) is 0. The first-order valence-electron chi connectivity index (χ1n) is 3.73. The molecule has 1 aromatic rings. The highest BCUT2D eigenvalue weighted by Gasteiger charge is 1.94. The lowest BCUT2D eigenvalue weighted by Gasteiger charge is -1.95. The van der Waals surface area contributed by atoms with Gasteiger partial charge in [0.2, 0.25) is 0 Å². The van der Waals surface area contributed by atoms with Gasteiger partial charge in [0.1, 0.15) is 5.78 Å². The van der Waals surface area contributed by atoms with E-state index in [0.29, 0.717) is 6.42 Å². The van der Waals surface area contributed by atoms with Crippen molar-refractivity contribution >= 4 is 5.78 Å². The predicted octanol–water partition coefficient (Wildman–Crippen LogP) is 2.01. The van der Waals surface area contributed by atoms with E-state index < -0.39 is 0 Å². The van der Waals surface area contributed by atoms with Gasteiger partial charge in [-0.1, -0.05) is 24.3 Å². The highest BCUT2D eigenvalue weighted by atomic mass is 16.1. The summed E-state index contributed by atoms with van der Waals surface area (Å²) in [6, 6.07) is 10.7. The number of rotatable bonds is 3.